The molecule has 0 aliphatic heterocycles. The summed E-state index contributed by atoms with van der Waals surface area (Å²) in [4.78, 5) is 132. The lowest BCUT2D eigenvalue weighted by Gasteiger charge is -2.27. The molecule has 0 aliphatic rings. The number of hydrogen-bond donors (Lipinski definition) is 15. The maximum absolute atomic E-state index is 13.7. The minimum Gasteiger partial charge on any atom is -0.480 e. The van der Waals surface area contributed by atoms with Crippen LogP contribution in [-0.4, -0.2) is 156 Å². The molecule has 0 fully saturated rings. The van der Waals surface area contributed by atoms with Gasteiger partial charge in [-0.2, -0.15) is 0 Å². The fraction of sp³-hybridized carbons (Fsp3) is 0.725. The maximum atomic E-state index is 13.7. The van der Waals surface area contributed by atoms with Crippen LogP contribution in [0.25, 0.3) is 0 Å². The number of aliphatic hydroxyl groups excluding tert-OH is 1. The molecule has 0 heterocycles. The highest BCUT2D eigenvalue weighted by atomic mass is 16.4. The number of carbonyl (C=O) groups excluding carboxylic acids is 9. The van der Waals surface area contributed by atoms with Gasteiger partial charge in [-0.15, -0.1) is 0 Å². The van der Waals surface area contributed by atoms with Crippen molar-refractivity contribution in [1.29, 1.82) is 0 Å². The number of rotatable bonds is 32. The van der Waals surface area contributed by atoms with Crippen LogP contribution < -0.4 is 70.8 Å². The quantitative estimate of drug-likeness (QED) is 0.0170. The number of aliphatic carboxylic acids is 1. The Bertz CT molecular complexity index is 1680. The number of amides is 9. The van der Waals surface area contributed by atoms with Crippen LogP contribution >= 0.6 is 0 Å². The zero-order valence-corrected chi connectivity index (χ0v) is 39.0. The van der Waals surface area contributed by atoms with E-state index in [-0.39, 0.29) is 69.5 Å². The van der Waals surface area contributed by atoms with Gasteiger partial charge in [0.15, 0.2) is 5.96 Å². The van der Waals surface area contributed by atoms with Crippen molar-refractivity contribution < 1.29 is 58.2 Å². The SMILES string of the molecule is CC(C)C[C@H](NC(=O)[C@H](C)NC(=O)[C@H](C)NC(=O)CN)C(=O)N[C@@H](C)C(=O)NCC(=O)N[C@@H](CCCCN)C(=O)N[C@@H](CC(C)C)C(=O)N[C@@H](CCCN=C(N)N)C(=O)N[C@@H](CO)C(=O)O. The first-order chi connectivity index (χ1) is 30.9. The topological polar surface area (TPSA) is 436 Å². The van der Waals surface area contributed by atoms with Crippen molar-refractivity contribution >= 4 is 65.1 Å². The largest absolute Gasteiger partial charge is 0.480 e. The molecule has 0 saturated heterocycles. The van der Waals surface area contributed by atoms with Gasteiger partial charge in [0, 0.05) is 6.54 Å². The van der Waals surface area contributed by atoms with Crippen LogP contribution in [0.1, 0.15) is 93.4 Å². The molecule has 0 aromatic rings. The van der Waals surface area contributed by atoms with Crippen LogP contribution in [-0.2, 0) is 47.9 Å². The van der Waals surface area contributed by atoms with Crippen LogP contribution in [0.5, 0.6) is 0 Å². The number of carbonyl (C=O) groups is 10. The summed E-state index contributed by atoms with van der Waals surface area (Å²) >= 11 is 0. The highest BCUT2D eigenvalue weighted by Gasteiger charge is 2.32. The normalized spacial score (nSPS) is 14.6. The van der Waals surface area contributed by atoms with E-state index in [9.17, 15) is 58.2 Å². The van der Waals surface area contributed by atoms with Crippen molar-refractivity contribution in [3.8, 4) is 0 Å². The fourth-order valence-corrected chi connectivity index (χ4v) is 5.95. The van der Waals surface area contributed by atoms with Gasteiger partial charge in [-0.25, -0.2) is 4.79 Å². The molecule has 0 saturated carbocycles. The van der Waals surface area contributed by atoms with Gasteiger partial charge in [0.1, 0.15) is 48.3 Å². The summed E-state index contributed by atoms with van der Waals surface area (Å²) < 4.78 is 0. The minimum absolute atomic E-state index is 0.0602. The molecule has 0 aromatic heterocycles. The lowest BCUT2D eigenvalue weighted by Crippen LogP contribution is -2.59. The molecule has 0 spiro atoms. The first-order valence-electron chi connectivity index (χ1n) is 21.8. The lowest BCUT2D eigenvalue weighted by molar-refractivity contribution is -0.143. The summed E-state index contributed by atoms with van der Waals surface area (Å²) in [5, 5.41) is 40.9. The number of aliphatic imine (C=N–C) groups is 1. The van der Waals surface area contributed by atoms with Crippen molar-refractivity contribution in [1.82, 2.24) is 47.9 Å². The van der Waals surface area contributed by atoms with Gasteiger partial charge < -0.3 is 81.0 Å². The Morgan fingerprint density at radius 3 is 1.42 bits per heavy atom. The Morgan fingerprint density at radius 2 is 0.924 bits per heavy atom. The zero-order chi connectivity index (χ0) is 50.7. The number of guanidine groups is 1. The number of carboxylic acid groups (broad SMARTS) is 1. The van der Waals surface area contributed by atoms with Gasteiger partial charge in [-0.3, -0.25) is 48.1 Å². The van der Waals surface area contributed by atoms with Crippen molar-refractivity contribution in [2.45, 2.75) is 142 Å². The third kappa shape index (κ3) is 24.8. The Labute approximate surface area is 384 Å². The number of hydrogen-bond acceptors (Lipinski definition) is 14. The Balaban J connectivity index is 5.88. The van der Waals surface area contributed by atoms with Gasteiger partial charge in [0.2, 0.25) is 53.2 Å². The molecule has 0 aliphatic carbocycles. The zero-order valence-electron chi connectivity index (χ0n) is 39.0. The Hall–Kier alpha value is -6.15. The monoisotopic (exact) mass is 943 g/mol. The van der Waals surface area contributed by atoms with Crippen LogP contribution in [0.15, 0.2) is 4.99 Å². The predicted molar refractivity (Wildman–Crippen MR) is 241 cm³/mol. The van der Waals surface area contributed by atoms with Crippen molar-refractivity contribution in [3.05, 3.63) is 0 Å². The first kappa shape index (κ1) is 59.8. The molecular formula is C40H74N14O12. The number of nitrogens with one attached hydrogen (secondary N) is 9. The van der Waals surface area contributed by atoms with Crippen molar-refractivity contribution in [2.24, 2.45) is 39.8 Å². The number of nitrogens with two attached hydrogens (primary N) is 4. The molecule has 9 amide bonds. The summed E-state index contributed by atoms with van der Waals surface area (Å²) in [6, 6.07) is -9.92. The van der Waals surface area contributed by atoms with E-state index in [4.69, 9.17) is 22.9 Å². The molecule has 8 atom stereocenters. The van der Waals surface area contributed by atoms with Crippen LogP contribution in [0.3, 0.4) is 0 Å². The number of carboxylic acids is 1. The minimum atomic E-state index is -1.67. The standard InChI is InChI=1S/C40H74N14O12/c1-20(2)15-27(52-34(60)24(7)48-33(59)23(6)47-30(56)17-42)37(63)49-22(5)32(58)46-18-31(57)50-25(11-8-9-13-41)35(61)53-28(16-21(3)4)38(64)51-26(12-10-14-45-40(43)44)36(62)54-29(19-55)39(65)66/h20-29,55H,8-19,41-42H2,1-7H3,(H,46,58)(H,47,56)(H,48,59)(H,49,63)(H,50,57)(H,51,64)(H,52,60)(H,53,61)(H,54,62)(H,65,66)(H4,43,44,45)/t22-,23-,24-,25-,26-,27-,28-,29-/m0/s1. The molecule has 0 bridgehead atoms. The molecule has 26 heteroatoms. The Morgan fingerprint density at radius 1 is 0.500 bits per heavy atom. The second-order valence-electron chi connectivity index (χ2n) is 16.5. The molecule has 0 unspecified atom stereocenters. The number of unbranched alkanes of at least 4 members (excludes halogenated alkanes) is 1. The summed E-state index contributed by atoms with van der Waals surface area (Å²) in [7, 11) is 0. The second-order valence-corrected chi connectivity index (χ2v) is 16.5. The first-order valence-corrected chi connectivity index (χ1v) is 21.8. The van der Waals surface area contributed by atoms with E-state index in [2.05, 4.69) is 52.8 Å². The molecular weight excluding hydrogens is 869 g/mol. The van der Waals surface area contributed by atoms with Gasteiger partial charge in [-0.1, -0.05) is 27.7 Å². The molecule has 0 rings (SSSR count). The smallest absolute Gasteiger partial charge is 0.328 e. The van der Waals surface area contributed by atoms with E-state index < -0.39 is 121 Å². The molecule has 19 N–H and O–H groups in total. The van der Waals surface area contributed by atoms with Crippen molar-refractivity contribution in [3.63, 3.8) is 0 Å². The molecule has 26 nitrogen and oxygen atoms in total. The van der Waals surface area contributed by atoms with Crippen LogP contribution in [0, 0.1) is 11.8 Å². The van der Waals surface area contributed by atoms with E-state index in [0.717, 1.165) is 0 Å². The molecule has 376 valence electrons. The lowest BCUT2D eigenvalue weighted by atomic mass is 10.0. The summed E-state index contributed by atoms with van der Waals surface area (Å²) in [6.07, 6.45) is 1.27. The maximum Gasteiger partial charge on any atom is 0.328 e. The molecule has 0 aromatic carbocycles. The van der Waals surface area contributed by atoms with Gasteiger partial charge in [0.05, 0.1) is 19.7 Å². The average Bonchev–Trinajstić information content (AvgIpc) is 3.23. The highest BCUT2D eigenvalue weighted by molar-refractivity contribution is 5.97. The third-order valence-electron chi connectivity index (χ3n) is 9.54. The number of nitrogens with zero attached hydrogens (tertiary/aromatic N) is 1. The summed E-state index contributed by atoms with van der Waals surface area (Å²) in [6.45, 7) is 9.72. The second kappa shape index (κ2) is 31.7. The third-order valence-corrected chi connectivity index (χ3v) is 9.54. The van der Waals surface area contributed by atoms with Crippen molar-refractivity contribution in [2.75, 3.05) is 32.8 Å². The summed E-state index contributed by atoms with van der Waals surface area (Å²) in [5.74, 6) is -8.77. The van der Waals surface area contributed by atoms with E-state index in [1.165, 1.54) is 20.8 Å². The number of aliphatic hydroxyl groups is 1. The van der Waals surface area contributed by atoms with E-state index >= 15 is 0 Å². The van der Waals surface area contributed by atoms with Gasteiger partial charge in [0.25, 0.3) is 0 Å². The van der Waals surface area contributed by atoms with Gasteiger partial charge >= 0.3 is 5.97 Å². The van der Waals surface area contributed by atoms with Crippen LogP contribution in [0.2, 0.25) is 0 Å². The molecule has 66 heavy (non-hydrogen) atoms. The van der Waals surface area contributed by atoms with E-state index in [1.807, 2.05) is 0 Å². The molecule has 0 radical (unpaired) electrons. The Kier molecular flexibility index (Phi) is 28.7. The van der Waals surface area contributed by atoms with E-state index in [1.54, 1.807) is 27.7 Å². The van der Waals surface area contributed by atoms with Gasteiger partial charge in [-0.05, 0) is 84.1 Å². The summed E-state index contributed by atoms with van der Waals surface area (Å²) in [5.41, 5.74) is 21.6. The van der Waals surface area contributed by atoms with Crippen LogP contribution in [0.4, 0.5) is 0 Å². The fourth-order valence-electron chi connectivity index (χ4n) is 5.95. The average molecular weight is 943 g/mol. The highest BCUT2D eigenvalue weighted by Crippen LogP contribution is 2.10. The predicted octanol–water partition coefficient (Wildman–Crippen LogP) is -5.65. The van der Waals surface area contributed by atoms with E-state index in [0.29, 0.717) is 12.8 Å².